The lowest BCUT2D eigenvalue weighted by Crippen LogP contribution is -2.57. The maximum absolute atomic E-state index is 5.46. The van der Waals surface area contributed by atoms with Crippen LogP contribution in [0, 0.1) is 0 Å². The Morgan fingerprint density at radius 1 is 1.75 bits per heavy atom. The van der Waals surface area contributed by atoms with Gasteiger partial charge in [-0.3, -0.25) is 15.8 Å². The van der Waals surface area contributed by atoms with Crippen molar-refractivity contribution in [3.8, 4) is 0 Å². The number of hydrogen-bond acceptors (Lipinski definition) is 4. The normalized spacial score (nSPS) is 21.2. The molecular weight excluding hydrogens is 154 g/mol. The first kappa shape index (κ1) is 8.76. The highest BCUT2D eigenvalue weighted by molar-refractivity contribution is 5.93. The highest BCUT2D eigenvalue weighted by Crippen LogP contribution is 1.96. The van der Waals surface area contributed by atoms with Crippen molar-refractivity contribution in [2.75, 3.05) is 6.54 Å². The minimum Gasteiger partial charge on any atom is -0.287 e. The molecule has 0 saturated carbocycles. The van der Waals surface area contributed by atoms with E-state index in [1.165, 1.54) is 5.23 Å². The summed E-state index contributed by atoms with van der Waals surface area (Å²) in [6.45, 7) is 6.29. The van der Waals surface area contributed by atoms with Gasteiger partial charge in [0.15, 0.2) is 0 Å². The van der Waals surface area contributed by atoms with Crippen LogP contribution >= 0.6 is 0 Å². The number of hydrogen-bond donors (Lipinski definition) is 3. The maximum Gasteiger partial charge on any atom is 0.140 e. The fourth-order valence-corrected chi connectivity index (χ4v) is 0.858. The van der Waals surface area contributed by atoms with Crippen LogP contribution in [0.4, 0.5) is 0 Å². The predicted molar refractivity (Wildman–Crippen MR) is 48.6 cm³/mol. The Morgan fingerprint density at radius 2 is 2.50 bits per heavy atom. The van der Waals surface area contributed by atoms with Crippen LogP contribution in [0.3, 0.4) is 0 Å². The number of amidine groups is 1. The largest absolute Gasteiger partial charge is 0.287 e. The van der Waals surface area contributed by atoms with Crippen LogP contribution in [0.15, 0.2) is 29.4 Å². The summed E-state index contributed by atoms with van der Waals surface area (Å²) >= 11 is 0. The van der Waals surface area contributed by atoms with E-state index in [0.29, 0.717) is 0 Å². The number of nitrogens with one attached hydrogen (secondary N) is 2. The van der Waals surface area contributed by atoms with Crippen LogP contribution < -0.4 is 16.7 Å². The number of hydrazine groups is 3. The van der Waals surface area contributed by atoms with Crippen LogP contribution in [0.5, 0.6) is 0 Å². The topological polar surface area (TPSA) is 65.7 Å². The number of allylic oxidation sites excluding steroid dienone is 1. The van der Waals surface area contributed by atoms with Gasteiger partial charge in [-0.05, 0) is 13.0 Å². The van der Waals surface area contributed by atoms with Gasteiger partial charge in [0, 0.05) is 12.6 Å². The van der Waals surface area contributed by atoms with Gasteiger partial charge in [0.25, 0.3) is 0 Å². The molecule has 1 aliphatic heterocycles. The van der Waals surface area contributed by atoms with Crippen LogP contribution in [-0.4, -0.2) is 17.6 Å². The molecule has 0 aromatic heterocycles. The molecule has 4 N–H and O–H groups in total. The first-order valence-electron chi connectivity index (χ1n) is 3.73. The molecule has 0 saturated heterocycles. The molecule has 0 unspecified atom stereocenters. The van der Waals surface area contributed by atoms with Crippen molar-refractivity contribution in [2.45, 2.75) is 6.92 Å². The van der Waals surface area contributed by atoms with E-state index in [1.54, 1.807) is 6.08 Å². The number of rotatable bonds is 2. The van der Waals surface area contributed by atoms with Gasteiger partial charge in [-0.25, -0.2) is 5.84 Å². The molecule has 1 rings (SSSR count). The minimum atomic E-state index is 0.719. The van der Waals surface area contributed by atoms with Crippen LogP contribution in [0.1, 0.15) is 6.92 Å². The third-order valence-electron chi connectivity index (χ3n) is 1.33. The summed E-state index contributed by atoms with van der Waals surface area (Å²) in [5, 5.41) is 1.24. The standard InChI is InChI=1S/C7H13N5/c1-3-6-5-7(9-4-2)11-12(8)10-6/h3,5,10H,1,4,8H2,2H3,(H,9,11). The summed E-state index contributed by atoms with van der Waals surface area (Å²) in [6, 6.07) is 0. The second-order valence-corrected chi connectivity index (χ2v) is 2.26. The second-order valence-electron chi connectivity index (χ2n) is 2.26. The zero-order valence-corrected chi connectivity index (χ0v) is 7.04. The quantitative estimate of drug-likeness (QED) is 0.493. The molecule has 1 aliphatic rings. The predicted octanol–water partition coefficient (Wildman–Crippen LogP) is -0.327. The minimum absolute atomic E-state index is 0.719. The van der Waals surface area contributed by atoms with E-state index in [9.17, 15) is 0 Å². The van der Waals surface area contributed by atoms with E-state index >= 15 is 0 Å². The Kier molecular flexibility index (Phi) is 2.84. The van der Waals surface area contributed by atoms with Crippen molar-refractivity contribution in [2.24, 2.45) is 10.8 Å². The molecule has 66 valence electrons. The molecule has 0 spiro atoms. The molecule has 0 amide bonds. The highest BCUT2D eigenvalue weighted by atomic mass is 15.9. The Hall–Kier alpha value is -1.33. The van der Waals surface area contributed by atoms with E-state index < -0.39 is 0 Å². The maximum atomic E-state index is 5.46. The van der Waals surface area contributed by atoms with Gasteiger partial charge in [-0.2, -0.15) is 0 Å². The van der Waals surface area contributed by atoms with Crippen molar-refractivity contribution >= 4 is 5.84 Å². The summed E-state index contributed by atoms with van der Waals surface area (Å²) < 4.78 is 0. The molecular formula is C7H13N5. The van der Waals surface area contributed by atoms with Crippen molar-refractivity contribution in [1.29, 1.82) is 0 Å². The first-order valence-corrected chi connectivity index (χ1v) is 3.73. The van der Waals surface area contributed by atoms with Gasteiger partial charge in [0.2, 0.25) is 0 Å². The van der Waals surface area contributed by atoms with Gasteiger partial charge in [-0.1, -0.05) is 11.8 Å². The monoisotopic (exact) mass is 167 g/mol. The summed E-state index contributed by atoms with van der Waals surface area (Å²) in [7, 11) is 0. The Bertz CT molecular complexity index is 230. The zero-order chi connectivity index (χ0) is 8.97. The van der Waals surface area contributed by atoms with Crippen molar-refractivity contribution < 1.29 is 0 Å². The van der Waals surface area contributed by atoms with Crippen LogP contribution in [-0.2, 0) is 0 Å². The van der Waals surface area contributed by atoms with E-state index in [4.69, 9.17) is 5.84 Å². The van der Waals surface area contributed by atoms with E-state index in [2.05, 4.69) is 22.4 Å². The summed E-state index contributed by atoms with van der Waals surface area (Å²) in [5.41, 5.74) is 6.45. The van der Waals surface area contributed by atoms with Crippen molar-refractivity contribution in [3.05, 3.63) is 24.4 Å². The van der Waals surface area contributed by atoms with Crippen molar-refractivity contribution in [1.82, 2.24) is 16.1 Å². The number of nitrogens with zero attached hydrogens (tertiary/aromatic N) is 2. The van der Waals surface area contributed by atoms with E-state index in [1.807, 2.05) is 13.0 Å². The van der Waals surface area contributed by atoms with Gasteiger partial charge < -0.3 is 0 Å². The molecule has 5 heteroatoms. The van der Waals surface area contributed by atoms with E-state index in [-0.39, 0.29) is 0 Å². The molecule has 0 aromatic carbocycles. The number of nitrogens with two attached hydrogens (primary N) is 1. The van der Waals surface area contributed by atoms with Gasteiger partial charge >= 0.3 is 0 Å². The Balaban J connectivity index is 2.78. The van der Waals surface area contributed by atoms with Gasteiger partial charge in [0.05, 0.1) is 5.70 Å². The molecule has 0 bridgehead atoms. The fourth-order valence-electron chi connectivity index (χ4n) is 0.858. The van der Waals surface area contributed by atoms with Crippen LogP contribution in [0.25, 0.3) is 0 Å². The fraction of sp³-hybridized carbons (Fsp3) is 0.286. The third kappa shape index (κ3) is 2.08. The van der Waals surface area contributed by atoms with Gasteiger partial charge in [-0.15, -0.1) is 0 Å². The molecule has 12 heavy (non-hydrogen) atoms. The molecule has 0 aliphatic carbocycles. The molecule has 5 nitrogen and oxygen atoms in total. The van der Waals surface area contributed by atoms with Crippen molar-refractivity contribution in [3.63, 3.8) is 0 Å². The number of aliphatic imine (C=N–C) groups is 1. The van der Waals surface area contributed by atoms with Crippen LogP contribution in [0.2, 0.25) is 0 Å². The first-order chi connectivity index (χ1) is 5.76. The molecule has 0 aromatic rings. The second kappa shape index (κ2) is 3.89. The third-order valence-corrected chi connectivity index (χ3v) is 1.33. The molecule has 0 radical (unpaired) electrons. The SMILES string of the molecule is C=CC1=CC(=NCC)NN(N)N1. The highest BCUT2D eigenvalue weighted by Gasteiger charge is 2.08. The summed E-state index contributed by atoms with van der Waals surface area (Å²) in [4.78, 5) is 4.15. The summed E-state index contributed by atoms with van der Waals surface area (Å²) in [6.07, 6.45) is 3.51. The molecule has 1 heterocycles. The average Bonchev–Trinajstić information content (AvgIpc) is 2.04. The Labute approximate surface area is 71.5 Å². The van der Waals surface area contributed by atoms with E-state index in [0.717, 1.165) is 18.1 Å². The Morgan fingerprint density at radius 3 is 3.08 bits per heavy atom. The molecule has 0 atom stereocenters. The lowest BCUT2D eigenvalue weighted by atomic mass is 10.3. The lowest BCUT2D eigenvalue weighted by Gasteiger charge is -2.25. The zero-order valence-electron chi connectivity index (χ0n) is 7.04. The smallest absolute Gasteiger partial charge is 0.140 e. The average molecular weight is 167 g/mol. The molecule has 0 fully saturated rings. The van der Waals surface area contributed by atoms with Gasteiger partial charge in [0.1, 0.15) is 5.84 Å². The summed E-state index contributed by atoms with van der Waals surface area (Å²) in [5.74, 6) is 6.19. The lowest BCUT2D eigenvalue weighted by molar-refractivity contribution is 0.175.